The van der Waals surface area contributed by atoms with E-state index in [4.69, 9.17) is 0 Å². The van der Waals surface area contributed by atoms with E-state index in [-0.39, 0.29) is 0 Å². The molecule has 1 heterocycles. The Morgan fingerprint density at radius 2 is 1.61 bits per heavy atom. The monoisotopic (exact) mass is 237 g/mol. The maximum atomic E-state index is 3.55. The smallest absolute Gasteiger partial charge is 0.0108 e. The van der Waals surface area contributed by atoms with E-state index in [9.17, 15) is 0 Å². The zero-order valence-corrected chi connectivity index (χ0v) is 10.6. The van der Waals surface area contributed by atoms with Crippen LogP contribution in [0.15, 0.2) is 54.6 Å². The van der Waals surface area contributed by atoms with Gasteiger partial charge in [-0.3, -0.25) is 0 Å². The molecule has 1 N–H and O–H groups in total. The second-order valence-corrected chi connectivity index (χ2v) is 5.06. The molecular weight excluding hydrogens is 218 g/mol. The highest BCUT2D eigenvalue weighted by atomic mass is 14.9. The van der Waals surface area contributed by atoms with Crippen molar-refractivity contribution in [1.82, 2.24) is 5.32 Å². The number of hydrogen-bond donors (Lipinski definition) is 1. The van der Waals surface area contributed by atoms with Crippen molar-refractivity contribution in [1.29, 1.82) is 0 Å². The van der Waals surface area contributed by atoms with E-state index in [0.29, 0.717) is 6.04 Å². The Kier molecular flexibility index (Phi) is 3.42. The summed E-state index contributed by atoms with van der Waals surface area (Å²) in [5.41, 5.74) is 4.04. The van der Waals surface area contributed by atoms with Gasteiger partial charge in [-0.1, -0.05) is 54.6 Å². The maximum absolute atomic E-state index is 3.55. The zero-order valence-electron chi connectivity index (χ0n) is 10.6. The number of hydrogen-bond acceptors (Lipinski definition) is 1. The van der Waals surface area contributed by atoms with Crippen LogP contribution in [0.3, 0.4) is 0 Å². The molecule has 1 fully saturated rings. The van der Waals surface area contributed by atoms with Gasteiger partial charge in [0.2, 0.25) is 0 Å². The van der Waals surface area contributed by atoms with E-state index in [0.717, 1.165) is 6.42 Å². The molecular formula is C17H19N. The molecule has 0 radical (unpaired) electrons. The lowest BCUT2D eigenvalue weighted by molar-refractivity contribution is 0.603. The molecule has 0 unspecified atom stereocenters. The van der Waals surface area contributed by atoms with Crippen LogP contribution in [0.5, 0.6) is 0 Å². The fourth-order valence-corrected chi connectivity index (χ4v) is 2.68. The van der Waals surface area contributed by atoms with Gasteiger partial charge in [0.25, 0.3) is 0 Å². The SMILES string of the molecule is c1ccc(-c2ccc(C[C@H]3CCCN3)cc2)cc1. The average Bonchev–Trinajstić information content (AvgIpc) is 2.94. The van der Waals surface area contributed by atoms with E-state index in [2.05, 4.69) is 59.9 Å². The van der Waals surface area contributed by atoms with E-state index in [1.165, 1.54) is 36.1 Å². The summed E-state index contributed by atoms with van der Waals surface area (Å²) >= 11 is 0. The molecule has 1 aliphatic heterocycles. The topological polar surface area (TPSA) is 12.0 Å². The highest BCUT2D eigenvalue weighted by Gasteiger charge is 2.13. The van der Waals surface area contributed by atoms with E-state index in [1.807, 2.05) is 0 Å². The van der Waals surface area contributed by atoms with Crippen molar-refractivity contribution in [3.8, 4) is 11.1 Å². The first-order valence-corrected chi connectivity index (χ1v) is 6.79. The Labute approximate surface area is 109 Å². The number of rotatable bonds is 3. The molecule has 1 heteroatoms. The summed E-state index contributed by atoms with van der Waals surface area (Å²) in [6.45, 7) is 1.19. The fourth-order valence-electron chi connectivity index (χ4n) is 2.68. The predicted octanol–water partition coefficient (Wildman–Crippen LogP) is 3.65. The first-order valence-electron chi connectivity index (χ1n) is 6.79. The number of benzene rings is 2. The summed E-state index contributed by atoms with van der Waals surface area (Å²) in [6.07, 6.45) is 3.81. The van der Waals surface area contributed by atoms with Gasteiger partial charge in [-0.05, 0) is 42.5 Å². The van der Waals surface area contributed by atoms with Crippen molar-refractivity contribution in [2.75, 3.05) is 6.54 Å². The lowest BCUT2D eigenvalue weighted by Crippen LogP contribution is -2.23. The van der Waals surface area contributed by atoms with Gasteiger partial charge in [-0.2, -0.15) is 0 Å². The summed E-state index contributed by atoms with van der Waals surface area (Å²) in [4.78, 5) is 0. The molecule has 1 saturated heterocycles. The minimum Gasteiger partial charge on any atom is -0.314 e. The minimum atomic E-state index is 0.688. The third kappa shape index (κ3) is 2.62. The highest BCUT2D eigenvalue weighted by Crippen LogP contribution is 2.20. The van der Waals surface area contributed by atoms with Crippen molar-refractivity contribution in [3.05, 3.63) is 60.2 Å². The summed E-state index contributed by atoms with van der Waals surface area (Å²) in [5, 5.41) is 3.55. The molecule has 92 valence electrons. The van der Waals surface area contributed by atoms with Crippen molar-refractivity contribution in [2.24, 2.45) is 0 Å². The van der Waals surface area contributed by atoms with Gasteiger partial charge in [0.05, 0.1) is 0 Å². The second kappa shape index (κ2) is 5.36. The van der Waals surface area contributed by atoms with Crippen molar-refractivity contribution in [3.63, 3.8) is 0 Å². The summed E-state index contributed by atoms with van der Waals surface area (Å²) in [5.74, 6) is 0. The summed E-state index contributed by atoms with van der Waals surface area (Å²) < 4.78 is 0. The zero-order chi connectivity index (χ0) is 12.2. The van der Waals surface area contributed by atoms with Crippen LogP contribution in [0.4, 0.5) is 0 Å². The van der Waals surface area contributed by atoms with Crippen LogP contribution in [0, 0.1) is 0 Å². The average molecular weight is 237 g/mol. The van der Waals surface area contributed by atoms with Gasteiger partial charge < -0.3 is 5.32 Å². The third-order valence-electron chi connectivity index (χ3n) is 3.71. The molecule has 3 rings (SSSR count). The van der Waals surface area contributed by atoms with Crippen LogP contribution < -0.4 is 5.32 Å². The van der Waals surface area contributed by atoms with Crippen LogP contribution in [-0.4, -0.2) is 12.6 Å². The van der Waals surface area contributed by atoms with Crippen molar-refractivity contribution >= 4 is 0 Å². The molecule has 0 aromatic heterocycles. The predicted molar refractivity (Wildman–Crippen MR) is 76.6 cm³/mol. The van der Waals surface area contributed by atoms with E-state index >= 15 is 0 Å². The molecule has 1 nitrogen and oxygen atoms in total. The van der Waals surface area contributed by atoms with Crippen LogP contribution >= 0.6 is 0 Å². The molecule has 2 aromatic carbocycles. The maximum Gasteiger partial charge on any atom is 0.0108 e. The minimum absolute atomic E-state index is 0.688. The second-order valence-electron chi connectivity index (χ2n) is 5.06. The van der Waals surface area contributed by atoms with Crippen LogP contribution in [0.1, 0.15) is 18.4 Å². The van der Waals surface area contributed by atoms with Crippen LogP contribution in [-0.2, 0) is 6.42 Å². The first kappa shape index (κ1) is 11.5. The molecule has 0 aliphatic carbocycles. The van der Waals surface area contributed by atoms with Crippen LogP contribution in [0.2, 0.25) is 0 Å². The molecule has 1 aliphatic rings. The molecule has 0 amide bonds. The van der Waals surface area contributed by atoms with Crippen molar-refractivity contribution < 1.29 is 0 Å². The molecule has 18 heavy (non-hydrogen) atoms. The third-order valence-corrected chi connectivity index (χ3v) is 3.71. The lowest BCUT2D eigenvalue weighted by Gasteiger charge is -2.10. The standard InChI is InChI=1S/C17H19N/c1-2-5-15(6-3-1)16-10-8-14(9-11-16)13-17-7-4-12-18-17/h1-3,5-6,8-11,17-18H,4,7,12-13H2/t17-/m1/s1. The molecule has 0 bridgehead atoms. The molecule has 0 saturated carbocycles. The van der Waals surface area contributed by atoms with Gasteiger partial charge in [-0.25, -0.2) is 0 Å². The van der Waals surface area contributed by atoms with Gasteiger partial charge >= 0.3 is 0 Å². The van der Waals surface area contributed by atoms with E-state index in [1.54, 1.807) is 0 Å². The normalized spacial score (nSPS) is 19.0. The fraction of sp³-hybridized carbons (Fsp3) is 0.294. The largest absolute Gasteiger partial charge is 0.314 e. The molecule has 1 atom stereocenters. The van der Waals surface area contributed by atoms with Crippen molar-refractivity contribution in [2.45, 2.75) is 25.3 Å². The van der Waals surface area contributed by atoms with Gasteiger partial charge in [0.15, 0.2) is 0 Å². The summed E-state index contributed by atoms with van der Waals surface area (Å²) in [6, 6.07) is 20.2. The molecule has 0 spiro atoms. The Balaban J connectivity index is 1.72. The summed E-state index contributed by atoms with van der Waals surface area (Å²) in [7, 11) is 0. The first-order chi connectivity index (χ1) is 8.92. The Hall–Kier alpha value is -1.60. The van der Waals surface area contributed by atoms with Gasteiger partial charge in [0.1, 0.15) is 0 Å². The Morgan fingerprint density at radius 3 is 2.28 bits per heavy atom. The Morgan fingerprint density at radius 1 is 0.889 bits per heavy atom. The molecule has 2 aromatic rings. The number of nitrogens with one attached hydrogen (secondary N) is 1. The van der Waals surface area contributed by atoms with E-state index < -0.39 is 0 Å². The van der Waals surface area contributed by atoms with Crippen LogP contribution in [0.25, 0.3) is 11.1 Å². The highest BCUT2D eigenvalue weighted by molar-refractivity contribution is 5.63. The van der Waals surface area contributed by atoms with Gasteiger partial charge in [-0.15, -0.1) is 0 Å². The quantitative estimate of drug-likeness (QED) is 0.859. The Bertz CT molecular complexity index is 481. The van der Waals surface area contributed by atoms with Gasteiger partial charge in [0, 0.05) is 6.04 Å². The lowest BCUT2D eigenvalue weighted by atomic mass is 10.0.